The van der Waals surface area contributed by atoms with Crippen molar-refractivity contribution < 1.29 is 9.59 Å². The van der Waals surface area contributed by atoms with Crippen LogP contribution in [-0.2, 0) is 16.0 Å². The second-order valence-electron chi connectivity index (χ2n) is 6.20. The van der Waals surface area contributed by atoms with Gasteiger partial charge in [0, 0.05) is 38.9 Å². The summed E-state index contributed by atoms with van der Waals surface area (Å²) in [4.78, 5) is 28.1. The van der Waals surface area contributed by atoms with Crippen molar-refractivity contribution in [2.45, 2.75) is 26.3 Å². The highest BCUT2D eigenvalue weighted by Crippen LogP contribution is 2.12. The van der Waals surface area contributed by atoms with E-state index in [4.69, 9.17) is 0 Å². The summed E-state index contributed by atoms with van der Waals surface area (Å²) in [6.07, 6.45) is 0.991. The third kappa shape index (κ3) is 5.04. The third-order valence-electron chi connectivity index (χ3n) is 4.61. The molecule has 0 spiro atoms. The van der Waals surface area contributed by atoms with Gasteiger partial charge in [-0.25, -0.2) is 0 Å². The number of anilines is 1. The smallest absolute Gasteiger partial charge is 0.241 e. The molecular formula is C18H28N4O2. The van der Waals surface area contributed by atoms with E-state index in [9.17, 15) is 9.59 Å². The first-order chi connectivity index (χ1) is 11.5. The van der Waals surface area contributed by atoms with Crippen LogP contribution in [0.1, 0.15) is 19.4 Å². The lowest BCUT2D eigenvalue weighted by molar-refractivity contribution is -0.124. The van der Waals surface area contributed by atoms with Crippen LogP contribution in [0.5, 0.6) is 0 Å². The van der Waals surface area contributed by atoms with Crippen LogP contribution in [-0.4, -0.2) is 67.4 Å². The van der Waals surface area contributed by atoms with Crippen molar-refractivity contribution in [1.29, 1.82) is 0 Å². The Kier molecular flexibility index (Phi) is 6.75. The van der Waals surface area contributed by atoms with Crippen molar-refractivity contribution in [3.63, 3.8) is 0 Å². The van der Waals surface area contributed by atoms with Gasteiger partial charge in [-0.05, 0) is 31.0 Å². The van der Waals surface area contributed by atoms with Crippen molar-refractivity contribution in [3.05, 3.63) is 29.8 Å². The molecule has 1 saturated heterocycles. The maximum absolute atomic E-state index is 12.4. The monoisotopic (exact) mass is 332 g/mol. The average molecular weight is 332 g/mol. The predicted octanol–water partition coefficient (Wildman–Crippen LogP) is 0.940. The van der Waals surface area contributed by atoms with E-state index in [1.807, 2.05) is 31.2 Å². The number of amides is 2. The molecule has 0 saturated carbocycles. The van der Waals surface area contributed by atoms with Gasteiger partial charge in [-0.2, -0.15) is 0 Å². The fourth-order valence-corrected chi connectivity index (χ4v) is 2.83. The zero-order chi connectivity index (χ0) is 17.5. The quantitative estimate of drug-likeness (QED) is 0.814. The van der Waals surface area contributed by atoms with Gasteiger partial charge in [-0.3, -0.25) is 19.4 Å². The molecule has 0 aliphatic carbocycles. The maximum Gasteiger partial charge on any atom is 0.241 e. The number of hydrogen-bond donors (Lipinski definition) is 2. The van der Waals surface area contributed by atoms with E-state index in [-0.39, 0.29) is 17.9 Å². The summed E-state index contributed by atoms with van der Waals surface area (Å²) in [5.74, 6) is 0.0452. The Morgan fingerprint density at radius 3 is 2.29 bits per heavy atom. The van der Waals surface area contributed by atoms with Crippen LogP contribution in [0.2, 0.25) is 0 Å². The van der Waals surface area contributed by atoms with Crippen molar-refractivity contribution in [1.82, 2.24) is 15.1 Å². The number of aryl methyl sites for hydroxylation is 1. The summed E-state index contributed by atoms with van der Waals surface area (Å²) in [5, 5.41) is 5.63. The van der Waals surface area contributed by atoms with Crippen LogP contribution in [0.4, 0.5) is 5.69 Å². The van der Waals surface area contributed by atoms with Crippen molar-refractivity contribution in [2.75, 3.05) is 45.1 Å². The molecule has 1 aromatic rings. The Hall–Kier alpha value is -1.92. The molecular weight excluding hydrogens is 304 g/mol. The van der Waals surface area contributed by atoms with E-state index in [0.29, 0.717) is 6.54 Å². The lowest BCUT2D eigenvalue weighted by Crippen LogP contribution is -2.54. The number of carbonyl (C=O) groups excluding carboxylic acids is 2. The van der Waals surface area contributed by atoms with Gasteiger partial charge in [-0.1, -0.05) is 19.1 Å². The highest BCUT2D eigenvalue weighted by molar-refractivity contribution is 5.94. The minimum absolute atomic E-state index is 0.0130. The van der Waals surface area contributed by atoms with Gasteiger partial charge in [0.05, 0.1) is 12.6 Å². The third-order valence-corrected chi connectivity index (χ3v) is 4.61. The molecule has 1 atom stereocenters. The van der Waals surface area contributed by atoms with Crippen molar-refractivity contribution in [3.8, 4) is 0 Å². The van der Waals surface area contributed by atoms with Crippen LogP contribution in [0.15, 0.2) is 24.3 Å². The molecule has 1 aliphatic rings. The van der Waals surface area contributed by atoms with E-state index in [2.05, 4.69) is 27.4 Å². The second-order valence-corrected chi connectivity index (χ2v) is 6.20. The topological polar surface area (TPSA) is 64.7 Å². The van der Waals surface area contributed by atoms with Crippen LogP contribution < -0.4 is 10.6 Å². The largest absolute Gasteiger partial charge is 0.358 e. The summed E-state index contributed by atoms with van der Waals surface area (Å²) in [6, 6.07) is 7.79. The fourth-order valence-electron chi connectivity index (χ4n) is 2.83. The molecule has 0 aromatic heterocycles. The van der Waals surface area contributed by atoms with E-state index >= 15 is 0 Å². The molecule has 1 aromatic carbocycles. The second kappa shape index (κ2) is 8.80. The van der Waals surface area contributed by atoms with E-state index in [1.54, 1.807) is 7.05 Å². The average Bonchev–Trinajstić information content (AvgIpc) is 2.62. The summed E-state index contributed by atoms with van der Waals surface area (Å²) in [6.45, 7) is 7.66. The molecule has 2 rings (SSSR count). The zero-order valence-electron chi connectivity index (χ0n) is 14.8. The van der Waals surface area contributed by atoms with Crippen molar-refractivity contribution in [2.24, 2.45) is 0 Å². The minimum atomic E-state index is -0.182. The van der Waals surface area contributed by atoms with Gasteiger partial charge in [0.25, 0.3) is 0 Å². The van der Waals surface area contributed by atoms with Crippen LogP contribution in [0.25, 0.3) is 0 Å². The molecule has 1 aliphatic heterocycles. The molecule has 0 bridgehead atoms. The van der Waals surface area contributed by atoms with Gasteiger partial charge in [0.2, 0.25) is 11.8 Å². The zero-order valence-corrected chi connectivity index (χ0v) is 14.8. The van der Waals surface area contributed by atoms with Gasteiger partial charge in [0.1, 0.15) is 0 Å². The number of nitrogens with one attached hydrogen (secondary N) is 2. The number of hydrogen-bond acceptors (Lipinski definition) is 4. The first-order valence-corrected chi connectivity index (χ1v) is 8.60. The van der Waals surface area contributed by atoms with Crippen LogP contribution >= 0.6 is 0 Å². The summed E-state index contributed by atoms with van der Waals surface area (Å²) in [7, 11) is 1.65. The molecule has 2 N–H and O–H groups in total. The number of rotatable bonds is 6. The summed E-state index contributed by atoms with van der Waals surface area (Å²) < 4.78 is 0. The normalized spacial score (nSPS) is 17.3. The molecule has 6 nitrogen and oxygen atoms in total. The summed E-state index contributed by atoms with van der Waals surface area (Å²) >= 11 is 0. The highest BCUT2D eigenvalue weighted by atomic mass is 16.2. The Morgan fingerprint density at radius 1 is 1.12 bits per heavy atom. The molecule has 132 valence electrons. The van der Waals surface area contributed by atoms with E-state index in [1.165, 1.54) is 5.56 Å². The van der Waals surface area contributed by atoms with Gasteiger partial charge >= 0.3 is 0 Å². The first kappa shape index (κ1) is 18.4. The van der Waals surface area contributed by atoms with Gasteiger partial charge < -0.3 is 10.6 Å². The standard InChI is InChI=1S/C18H28N4O2/c1-4-15-5-7-16(8-6-15)20-18(24)14(2)22-11-9-21(10-12-22)13-17(23)19-3/h5-8,14H,4,9-13H2,1-3H3,(H,19,23)(H,20,24)/t14-/m0/s1. The lowest BCUT2D eigenvalue weighted by Gasteiger charge is -2.37. The number of likely N-dealkylation sites (N-methyl/N-ethyl adjacent to an activating group) is 1. The Morgan fingerprint density at radius 2 is 1.75 bits per heavy atom. The van der Waals surface area contributed by atoms with E-state index < -0.39 is 0 Å². The molecule has 1 fully saturated rings. The minimum Gasteiger partial charge on any atom is -0.358 e. The Balaban J connectivity index is 1.82. The highest BCUT2D eigenvalue weighted by Gasteiger charge is 2.26. The van der Waals surface area contributed by atoms with Crippen LogP contribution in [0, 0.1) is 0 Å². The maximum atomic E-state index is 12.4. The Labute approximate surface area is 144 Å². The number of nitrogens with zero attached hydrogens (tertiary/aromatic N) is 2. The fraction of sp³-hybridized carbons (Fsp3) is 0.556. The number of carbonyl (C=O) groups is 2. The number of benzene rings is 1. The van der Waals surface area contributed by atoms with Gasteiger partial charge in [-0.15, -0.1) is 0 Å². The van der Waals surface area contributed by atoms with Crippen molar-refractivity contribution >= 4 is 17.5 Å². The van der Waals surface area contributed by atoms with E-state index in [0.717, 1.165) is 38.3 Å². The molecule has 24 heavy (non-hydrogen) atoms. The van der Waals surface area contributed by atoms with Crippen LogP contribution in [0.3, 0.4) is 0 Å². The lowest BCUT2D eigenvalue weighted by atomic mass is 10.1. The molecule has 0 unspecified atom stereocenters. The number of piperazine rings is 1. The van der Waals surface area contributed by atoms with Gasteiger partial charge in [0.15, 0.2) is 0 Å². The first-order valence-electron chi connectivity index (χ1n) is 8.60. The molecule has 1 heterocycles. The predicted molar refractivity (Wildman–Crippen MR) is 96.0 cm³/mol. The molecule has 6 heteroatoms. The molecule has 2 amide bonds. The molecule has 0 radical (unpaired) electrons. The Bertz CT molecular complexity index is 551. The SMILES string of the molecule is CCc1ccc(NC(=O)[C@H](C)N2CCN(CC(=O)NC)CC2)cc1. The summed E-state index contributed by atoms with van der Waals surface area (Å²) in [5.41, 5.74) is 2.09.